The number of esters is 1. The molecule has 0 unspecified atom stereocenters. The summed E-state index contributed by atoms with van der Waals surface area (Å²) >= 11 is 0. The predicted molar refractivity (Wildman–Crippen MR) is 115 cm³/mol. The Morgan fingerprint density at radius 1 is 1.23 bits per heavy atom. The maximum atomic E-state index is 13.3. The van der Waals surface area contributed by atoms with E-state index in [0.717, 1.165) is 50.4 Å². The molecule has 5 heteroatoms. The van der Waals surface area contributed by atoms with Crippen LogP contribution < -0.4 is 0 Å². The summed E-state index contributed by atoms with van der Waals surface area (Å²) in [6.07, 6.45) is 10.2. The second-order valence-corrected chi connectivity index (χ2v) is 11.5. The summed E-state index contributed by atoms with van der Waals surface area (Å²) in [4.78, 5) is 38.6. The highest BCUT2D eigenvalue weighted by molar-refractivity contribution is 5.90. The van der Waals surface area contributed by atoms with E-state index in [1.54, 1.807) is 0 Å². The van der Waals surface area contributed by atoms with Gasteiger partial charge in [-0.2, -0.15) is 0 Å². The minimum absolute atomic E-state index is 0.0234. The fraction of sp³-hybridized carbons (Fsp3) is 0.808. The van der Waals surface area contributed by atoms with E-state index < -0.39 is 22.2 Å². The molecule has 0 aromatic carbocycles. The zero-order valence-corrected chi connectivity index (χ0v) is 19.1. The highest BCUT2D eigenvalue weighted by Crippen LogP contribution is 2.83. The predicted octanol–water partition coefficient (Wildman–Crippen LogP) is 4.64. The van der Waals surface area contributed by atoms with Gasteiger partial charge < -0.3 is 14.6 Å². The van der Waals surface area contributed by atoms with Crippen LogP contribution in [0.25, 0.3) is 0 Å². The maximum absolute atomic E-state index is 13.3. The Hall–Kier alpha value is -1.65. The highest BCUT2D eigenvalue weighted by Gasteiger charge is 2.83. The van der Waals surface area contributed by atoms with Gasteiger partial charge in [0.25, 0.3) is 0 Å². The van der Waals surface area contributed by atoms with Crippen LogP contribution in [-0.2, 0) is 19.1 Å². The molecule has 0 saturated heterocycles. The van der Waals surface area contributed by atoms with Gasteiger partial charge in [0, 0.05) is 5.41 Å². The van der Waals surface area contributed by atoms with E-state index in [1.807, 2.05) is 0 Å². The molecular weight excluding hydrogens is 392 g/mol. The molecule has 0 heterocycles. The number of carbonyl (C=O) groups is 3. The number of aldehydes is 1. The number of rotatable bonds is 7. The summed E-state index contributed by atoms with van der Waals surface area (Å²) < 4.78 is 5.70. The molecule has 7 atom stereocenters. The van der Waals surface area contributed by atoms with E-state index in [9.17, 15) is 19.5 Å². The lowest BCUT2D eigenvalue weighted by atomic mass is 9.42. The average molecular weight is 429 g/mol. The van der Waals surface area contributed by atoms with E-state index in [-0.39, 0.29) is 36.2 Å². The summed E-state index contributed by atoms with van der Waals surface area (Å²) in [6, 6.07) is 0. The molecule has 5 aliphatic rings. The Kier molecular flexibility index (Phi) is 4.74. The van der Waals surface area contributed by atoms with E-state index in [4.69, 9.17) is 4.74 Å². The summed E-state index contributed by atoms with van der Waals surface area (Å²) in [5.41, 5.74) is -1.57. The van der Waals surface area contributed by atoms with Crippen LogP contribution in [0.2, 0.25) is 0 Å². The van der Waals surface area contributed by atoms with Crippen LogP contribution in [0.15, 0.2) is 11.6 Å². The van der Waals surface area contributed by atoms with E-state index in [2.05, 4.69) is 26.8 Å². The molecule has 5 aliphatic carbocycles. The lowest BCUT2D eigenvalue weighted by Crippen LogP contribution is -2.62. The molecule has 4 saturated carbocycles. The molecule has 0 spiro atoms. The van der Waals surface area contributed by atoms with Crippen molar-refractivity contribution in [1.29, 1.82) is 0 Å². The smallest absolute Gasteiger partial charge is 0.315 e. The zero-order valence-electron chi connectivity index (χ0n) is 19.1. The molecule has 0 aromatic heterocycles. The molecular formula is C26H36O5. The van der Waals surface area contributed by atoms with Crippen molar-refractivity contribution >= 4 is 18.2 Å². The Balaban J connectivity index is 1.57. The first kappa shape index (κ1) is 21.2. The van der Waals surface area contributed by atoms with Gasteiger partial charge in [-0.3, -0.25) is 9.59 Å². The monoisotopic (exact) mass is 428 g/mol. The van der Waals surface area contributed by atoms with Gasteiger partial charge in [-0.15, -0.1) is 0 Å². The van der Waals surface area contributed by atoms with Crippen LogP contribution in [0, 0.1) is 51.8 Å². The third-order valence-electron chi connectivity index (χ3n) is 10.4. The standard InChI is InChI=1S/C26H36O5/c1-15(2)21-11-18-12-25(14-27)20-8-7-16(3)19(20)13-24(18,26(21,25)23(29)30)9-10-31-22(28)17-5-4-6-17/h11,14-20H,4-10,12-13H2,1-3H3,(H,29,30)/t16-,18+,19-,20-,24-,25+,26-/m1/s1. The van der Waals surface area contributed by atoms with E-state index in [0.29, 0.717) is 24.7 Å². The average Bonchev–Trinajstić information content (AvgIpc) is 3.23. The first-order valence-electron chi connectivity index (χ1n) is 12.3. The van der Waals surface area contributed by atoms with Crippen molar-refractivity contribution in [2.45, 2.75) is 72.1 Å². The number of aliphatic carboxylic acids is 1. The van der Waals surface area contributed by atoms with Gasteiger partial charge >= 0.3 is 11.9 Å². The number of ether oxygens (including phenoxy) is 1. The van der Waals surface area contributed by atoms with Crippen molar-refractivity contribution in [1.82, 2.24) is 0 Å². The van der Waals surface area contributed by atoms with Gasteiger partial charge in [-0.05, 0) is 68.1 Å². The molecule has 0 aromatic rings. The minimum atomic E-state index is -1.16. The first-order chi connectivity index (χ1) is 14.7. The Labute approximate surface area is 185 Å². The number of fused-ring (bicyclic) bond motifs is 2. The largest absolute Gasteiger partial charge is 0.481 e. The Bertz CT molecular complexity index is 841. The van der Waals surface area contributed by atoms with Crippen LogP contribution in [-0.4, -0.2) is 29.9 Å². The van der Waals surface area contributed by atoms with Crippen LogP contribution in [0.3, 0.4) is 0 Å². The normalized spacial score (nSPS) is 45.2. The fourth-order valence-corrected chi connectivity index (χ4v) is 8.93. The number of carboxylic acids is 1. The van der Waals surface area contributed by atoms with Gasteiger partial charge in [0.1, 0.15) is 11.7 Å². The van der Waals surface area contributed by atoms with Crippen molar-refractivity contribution in [3.8, 4) is 0 Å². The molecule has 5 nitrogen and oxygen atoms in total. The quantitative estimate of drug-likeness (QED) is 0.363. The zero-order chi connectivity index (χ0) is 22.2. The second-order valence-electron chi connectivity index (χ2n) is 11.5. The second kappa shape index (κ2) is 6.92. The topological polar surface area (TPSA) is 80.7 Å². The van der Waals surface area contributed by atoms with Crippen LogP contribution in [0.5, 0.6) is 0 Å². The Morgan fingerprint density at radius 3 is 2.55 bits per heavy atom. The maximum Gasteiger partial charge on any atom is 0.315 e. The van der Waals surface area contributed by atoms with Gasteiger partial charge in [0.05, 0.1) is 17.9 Å². The highest BCUT2D eigenvalue weighted by atomic mass is 16.5. The molecule has 1 N–H and O–H groups in total. The number of carboxylic acid groups (broad SMARTS) is 1. The van der Waals surface area contributed by atoms with Gasteiger partial charge in [-0.25, -0.2) is 0 Å². The molecule has 31 heavy (non-hydrogen) atoms. The molecule has 4 bridgehead atoms. The molecule has 5 rings (SSSR count). The molecule has 0 aliphatic heterocycles. The molecule has 4 fully saturated rings. The molecule has 0 radical (unpaired) electrons. The van der Waals surface area contributed by atoms with E-state index in [1.165, 1.54) is 0 Å². The summed E-state index contributed by atoms with van der Waals surface area (Å²) in [7, 11) is 0. The van der Waals surface area contributed by atoms with E-state index >= 15 is 0 Å². The van der Waals surface area contributed by atoms with Crippen molar-refractivity contribution in [2.75, 3.05) is 6.61 Å². The summed E-state index contributed by atoms with van der Waals surface area (Å²) in [5.74, 6) is 0.253. The van der Waals surface area contributed by atoms with Gasteiger partial charge in [-0.1, -0.05) is 45.3 Å². The third kappa shape index (κ3) is 2.36. The SMILES string of the molecule is CC(C)C1=C[C@H]2C[C@]3(C=O)[C@@H]4CC[C@@H](C)[C@H]4C[C@@]2(CCOC(=O)C2CCC2)[C@]13C(=O)O. The number of carbonyl (C=O) groups excluding carboxylic acids is 2. The lowest BCUT2D eigenvalue weighted by Gasteiger charge is -2.58. The van der Waals surface area contributed by atoms with Crippen molar-refractivity contribution < 1.29 is 24.2 Å². The van der Waals surface area contributed by atoms with Crippen molar-refractivity contribution in [3.05, 3.63) is 11.6 Å². The summed E-state index contributed by atoms with van der Waals surface area (Å²) in [6.45, 7) is 6.65. The van der Waals surface area contributed by atoms with Crippen LogP contribution in [0.4, 0.5) is 0 Å². The molecule has 170 valence electrons. The van der Waals surface area contributed by atoms with Crippen molar-refractivity contribution in [2.24, 2.45) is 51.8 Å². The molecule has 0 amide bonds. The van der Waals surface area contributed by atoms with Gasteiger partial charge in [0.15, 0.2) is 0 Å². The lowest BCUT2D eigenvalue weighted by molar-refractivity contribution is -0.182. The summed E-state index contributed by atoms with van der Waals surface area (Å²) in [5, 5.41) is 10.9. The minimum Gasteiger partial charge on any atom is -0.481 e. The number of hydrogen-bond donors (Lipinski definition) is 1. The van der Waals surface area contributed by atoms with Crippen molar-refractivity contribution in [3.63, 3.8) is 0 Å². The number of hydrogen-bond acceptors (Lipinski definition) is 4. The first-order valence-corrected chi connectivity index (χ1v) is 12.3. The van der Waals surface area contributed by atoms with Crippen LogP contribution >= 0.6 is 0 Å². The third-order valence-corrected chi connectivity index (χ3v) is 10.4. The Morgan fingerprint density at radius 2 is 1.97 bits per heavy atom. The van der Waals surface area contributed by atoms with Crippen LogP contribution in [0.1, 0.15) is 72.1 Å². The fourth-order valence-electron chi connectivity index (χ4n) is 8.93. The van der Waals surface area contributed by atoms with Gasteiger partial charge in [0.2, 0.25) is 0 Å². The number of allylic oxidation sites excluding steroid dienone is 1.